The molecular formula is C22H24ClF2N7O2S. The van der Waals surface area contributed by atoms with Gasteiger partial charge in [-0.15, -0.1) is 11.3 Å². The molecule has 1 aromatic carbocycles. The summed E-state index contributed by atoms with van der Waals surface area (Å²) in [5, 5.41) is 7.77. The van der Waals surface area contributed by atoms with Crippen molar-refractivity contribution in [1.29, 1.82) is 0 Å². The topological polar surface area (TPSA) is 109 Å². The van der Waals surface area contributed by atoms with E-state index in [0.717, 1.165) is 25.3 Å². The number of nitrogens with zero attached hydrogens (tertiary/aromatic N) is 4. The number of anilines is 5. The molecule has 186 valence electrons. The second kappa shape index (κ2) is 10.6. The molecule has 0 bridgehead atoms. The van der Waals surface area contributed by atoms with Crippen molar-refractivity contribution in [3.05, 3.63) is 45.7 Å². The van der Waals surface area contributed by atoms with Gasteiger partial charge in [-0.1, -0.05) is 11.6 Å². The van der Waals surface area contributed by atoms with Crippen LogP contribution in [0.4, 0.5) is 37.6 Å². The van der Waals surface area contributed by atoms with E-state index in [1.165, 1.54) is 17.5 Å². The number of alkyl halides is 2. The molecule has 9 nitrogen and oxygen atoms in total. The van der Waals surface area contributed by atoms with E-state index in [1.54, 1.807) is 23.6 Å². The number of hydrogen-bond acceptors (Lipinski definition) is 9. The first-order valence-corrected chi connectivity index (χ1v) is 11.9. The van der Waals surface area contributed by atoms with E-state index in [0.29, 0.717) is 10.6 Å². The number of likely N-dealkylation sites (N-methyl/N-ethyl adjacent to an activating group) is 1. The second-order valence-electron chi connectivity index (χ2n) is 8.03. The Kier molecular flexibility index (Phi) is 7.53. The zero-order chi connectivity index (χ0) is 25.1. The number of nitrogens with one attached hydrogen (secondary N) is 2. The van der Waals surface area contributed by atoms with E-state index < -0.39 is 12.5 Å². The van der Waals surface area contributed by atoms with Crippen LogP contribution in [0.25, 0.3) is 0 Å². The highest BCUT2D eigenvalue weighted by molar-refractivity contribution is 7.12. The smallest absolute Gasteiger partial charge is 0.387 e. The number of piperazine rings is 1. The Bertz CT molecular complexity index is 1210. The quantitative estimate of drug-likeness (QED) is 0.395. The number of hydrogen-bond donors (Lipinski definition) is 3. The number of carbonyl (C=O) groups is 1. The number of aromatic nitrogens is 2. The van der Waals surface area contributed by atoms with E-state index in [2.05, 4.69) is 44.4 Å². The summed E-state index contributed by atoms with van der Waals surface area (Å²) in [5.74, 6) is -0.322. The fourth-order valence-electron chi connectivity index (χ4n) is 3.87. The van der Waals surface area contributed by atoms with Gasteiger partial charge < -0.3 is 30.9 Å². The van der Waals surface area contributed by atoms with Crippen LogP contribution in [0.15, 0.2) is 35.8 Å². The van der Waals surface area contributed by atoms with E-state index >= 15 is 0 Å². The lowest BCUT2D eigenvalue weighted by Crippen LogP contribution is -2.50. The summed E-state index contributed by atoms with van der Waals surface area (Å²) >= 11 is 7.40. The van der Waals surface area contributed by atoms with Gasteiger partial charge in [-0.25, -0.2) is 4.98 Å². The standard InChI is InChI=1S/C22H24ClF2N7O2S/c1-12-11-31(2)6-7-32(12)13-3-4-15(17(9-13)34-21(24)25)29-22-27-10-14(23)20(30-22)28-16-5-8-35-18(16)19(26)33/h3-5,8-10,12,21H,6-7,11H2,1-2H3,(H2,26,33)(H2,27,28,29,30)/t12-/m0/s1. The molecule has 3 aromatic rings. The molecule has 1 aliphatic heterocycles. The van der Waals surface area contributed by atoms with Crippen molar-refractivity contribution in [2.45, 2.75) is 19.6 Å². The third-order valence-corrected chi connectivity index (χ3v) is 6.68. The molecule has 4 rings (SSSR count). The minimum Gasteiger partial charge on any atom is -0.433 e. The molecule has 13 heteroatoms. The summed E-state index contributed by atoms with van der Waals surface area (Å²) in [4.78, 5) is 24.7. The average molecular weight is 524 g/mol. The van der Waals surface area contributed by atoms with Crippen molar-refractivity contribution < 1.29 is 18.3 Å². The predicted octanol–water partition coefficient (Wildman–Crippen LogP) is 4.52. The number of primary amides is 1. The summed E-state index contributed by atoms with van der Waals surface area (Å²) in [5.41, 5.74) is 6.88. The van der Waals surface area contributed by atoms with Gasteiger partial charge in [-0.3, -0.25) is 4.79 Å². The minimum absolute atomic E-state index is 0.0365. The fraction of sp³-hybridized carbons (Fsp3) is 0.318. The normalized spacial score (nSPS) is 16.4. The molecule has 1 aliphatic rings. The first kappa shape index (κ1) is 24.9. The highest BCUT2D eigenvalue weighted by atomic mass is 35.5. The largest absolute Gasteiger partial charge is 0.433 e. The molecule has 1 amide bonds. The Hall–Kier alpha value is -3.22. The Balaban J connectivity index is 1.60. The van der Waals surface area contributed by atoms with Crippen LogP contribution in [0.5, 0.6) is 5.75 Å². The van der Waals surface area contributed by atoms with Gasteiger partial charge in [0, 0.05) is 37.4 Å². The lowest BCUT2D eigenvalue weighted by Gasteiger charge is -2.40. The van der Waals surface area contributed by atoms with Gasteiger partial charge in [0.25, 0.3) is 5.91 Å². The first-order chi connectivity index (χ1) is 16.7. The van der Waals surface area contributed by atoms with Crippen molar-refractivity contribution in [3.8, 4) is 5.75 Å². The van der Waals surface area contributed by atoms with Crippen molar-refractivity contribution >= 4 is 57.7 Å². The Morgan fingerprint density at radius 3 is 2.80 bits per heavy atom. The number of benzene rings is 1. The zero-order valence-corrected chi connectivity index (χ0v) is 20.5. The summed E-state index contributed by atoms with van der Waals surface area (Å²) in [6.45, 7) is 1.57. The Labute approximate surface area is 209 Å². The lowest BCUT2D eigenvalue weighted by atomic mass is 10.1. The maximum absolute atomic E-state index is 13.2. The molecular weight excluding hydrogens is 500 g/mol. The molecule has 0 spiro atoms. The number of amides is 1. The van der Waals surface area contributed by atoms with Gasteiger partial charge in [-0.2, -0.15) is 13.8 Å². The minimum atomic E-state index is -3.01. The third kappa shape index (κ3) is 5.89. The van der Waals surface area contributed by atoms with Gasteiger partial charge in [-0.05, 0) is 37.6 Å². The summed E-state index contributed by atoms with van der Waals surface area (Å²) in [6.07, 6.45) is 1.35. The Morgan fingerprint density at radius 1 is 1.29 bits per heavy atom. The van der Waals surface area contributed by atoms with Crippen LogP contribution in [0.2, 0.25) is 5.02 Å². The van der Waals surface area contributed by atoms with Crippen LogP contribution < -0.4 is 26.0 Å². The van der Waals surface area contributed by atoms with Gasteiger partial charge in [0.1, 0.15) is 9.90 Å². The summed E-state index contributed by atoms with van der Waals surface area (Å²) < 4.78 is 31.2. The zero-order valence-electron chi connectivity index (χ0n) is 19.0. The van der Waals surface area contributed by atoms with E-state index in [4.69, 9.17) is 22.1 Å². The van der Waals surface area contributed by atoms with Gasteiger partial charge in [0.05, 0.1) is 17.6 Å². The molecule has 3 heterocycles. The maximum Gasteiger partial charge on any atom is 0.387 e. The molecule has 2 aromatic heterocycles. The van der Waals surface area contributed by atoms with Crippen LogP contribution >= 0.6 is 22.9 Å². The maximum atomic E-state index is 13.2. The van der Waals surface area contributed by atoms with Crippen molar-refractivity contribution in [2.24, 2.45) is 5.73 Å². The summed E-state index contributed by atoms with van der Waals surface area (Å²) in [6, 6.07) is 6.94. The van der Waals surface area contributed by atoms with Crippen LogP contribution in [-0.2, 0) is 0 Å². The average Bonchev–Trinajstić information content (AvgIpc) is 3.25. The number of rotatable bonds is 8. The van der Waals surface area contributed by atoms with Crippen LogP contribution in [0.1, 0.15) is 16.6 Å². The molecule has 0 saturated carbocycles. The SMILES string of the molecule is C[C@H]1CN(C)CCN1c1ccc(Nc2ncc(Cl)c(Nc3ccsc3C(N)=O)n2)c(OC(F)F)c1. The molecule has 1 fully saturated rings. The second-order valence-corrected chi connectivity index (χ2v) is 9.35. The summed E-state index contributed by atoms with van der Waals surface area (Å²) in [7, 11) is 2.05. The molecule has 1 saturated heterocycles. The molecule has 35 heavy (non-hydrogen) atoms. The van der Waals surface area contributed by atoms with E-state index in [9.17, 15) is 13.6 Å². The highest BCUT2D eigenvalue weighted by Gasteiger charge is 2.23. The van der Waals surface area contributed by atoms with Crippen molar-refractivity contribution in [2.75, 3.05) is 42.2 Å². The van der Waals surface area contributed by atoms with Gasteiger partial charge in [0.2, 0.25) is 5.95 Å². The predicted molar refractivity (Wildman–Crippen MR) is 134 cm³/mol. The van der Waals surface area contributed by atoms with Crippen LogP contribution in [0.3, 0.4) is 0 Å². The highest BCUT2D eigenvalue weighted by Crippen LogP contribution is 2.35. The van der Waals surface area contributed by atoms with E-state index in [1.807, 2.05) is 6.07 Å². The monoisotopic (exact) mass is 523 g/mol. The number of carbonyl (C=O) groups excluding carboxylic acids is 1. The number of thiophene rings is 1. The van der Waals surface area contributed by atoms with Crippen LogP contribution in [-0.4, -0.2) is 60.1 Å². The molecule has 0 radical (unpaired) electrons. The Morgan fingerprint density at radius 2 is 2.09 bits per heavy atom. The van der Waals surface area contributed by atoms with Gasteiger partial charge >= 0.3 is 6.61 Å². The molecule has 0 unspecified atom stereocenters. The van der Waals surface area contributed by atoms with Gasteiger partial charge in [0.15, 0.2) is 11.6 Å². The number of nitrogens with two attached hydrogens (primary N) is 1. The first-order valence-electron chi connectivity index (χ1n) is 10.7. The van der Waals surface area contributed by atoms with Crippen molar-refractivity contribution in [3.63, 3.8) is 0 Å². The lowest BCUT2D eigenvalue weighted by molar-refractivity contribution is -0.0493. The van der Waals surface area contributed by atoms with E-state index in [-0.39, 0.29) is 34.3 Å². The van der Waals surface area contributed by atoms with Crippen LogP contribution in [0, 0.1) is 0 Å². The number of ether oxygens (including phenoxy) is 1. The molecule has 4 N–H and O–H groups in total. The van der Waals surface area contributed by atoms with Crippen molar-refractivity contribution in [1.82, 2.24) is 14.9 Å². The molecule has 0 aliphatic carbocycles. The third-order valence-electron chi connectivity index (χ3n) is 5.48. The molecule has 1 atom stereocenters. The number of halogens is 3. The fourth-order valence-corrected chi connectivity index (χ4v) is 4.71.